The molecule has 0 amide bonds. The average molecular weight is 252 g/mol. The summed E-state index contributed by atoms with van der Waals surface area (Å²) in [4.78, 5) is 0. The summed E-state index contributed by atoms with van der Waals surface area (Å²) in [6, 6.07) is 7.43. The largest absolute Gasteiger partial charge is 0.394 e. The van der Waals surface area contributed by atoms with Crippen molar-refractivity contribution >= 4 is 17.4 Å². The first kappa shape index (κ1) is 12.0. The van der Waals surface area contributed by atoms with Crippen LogP contribution in [-0.2, 0) is 6.54 Å². The van der Waals surface area contributed by atoms with Crippen molar-refractivity contribution < 1.29 is 5.11 Å². The summed E-state index contributed by atoms with van der Waals surface area (Å²) in [6.45, 7) is 2.39. The number of aliphatic hydroxyl groups is 1. The van der Waals surface area contributed by atoms with Crippen molar-refractivity contribution in [3.05, 3.63) is 34.9 Å². The van der Waals surface area contributed by atoms with Gasteiger partial charge in [-0.3, -0.25) is 0 Å². The molecule has 1 aromatic carbocycles. The van der Waals surface area contributed by atoms with Gasteiger partial charge in [0.05, 0.1) is 18.8 Å². The van der Waals surface area contributed by atoms with Crippen LogP contribution in [-0.4, -0.2) is 21.5 Å². The molecule has 0 unspecified atom stereocenters. The number of hydrogen-bond acceptors (Lipinski definition) is 3. The Hall–Kier alpha value is -1.52. The highest BCUT2D eigenvalue weighted by molar-refractivity contribution is 6.30. The topological polar surface area (TPSA) is 64.1 Å². The number of nitrogens with zero attached hydrogens (tertiary/aromatic N) is 2. The highest BCUT2D eigenvalue weighted by Gasteiger charge is 2.09. The van der Waals surface area contributed by atoms with Gasteiger partial charge in [0.1, 0.15) is 5.82 Å². The van der Waals surface area contributed by atoms with Crippen LogP contribution in [0.25, 0.3) is 11.3 Å². The van der Waals surface area contributed by atoms with Gasteiger partial charge in [-0.2, -0.15) is 5.10 Å². The van der Waals surface area contributed by atoms with Crippen molar-refractivity contribution in [2.45, 2.75) is 13.5 Å². The molecular formula is C12H14ClN3O. The fourth-order valence-corrected chi connectivity index (χ4v) is 1.98. The Morgan fingerprint density at radius 3 is 2.82 bits per heavy atom. The summed E-state index contributed by atoms with van der Waals surface area (Å²) in [5.41, 5.74) is 8.65. The Kier molecular flexibility index (Phi) is 3.36. The molecule has 2 rings (SSSR count). The maximum Gasteiger partial charge on any atom is 0.122 e. The molecule has 0 bridgehead atoms. The number of halogens is 1. The molecule has 0 fully saturated rings. The van der Waals surface area contributed by atoms with E-state index < -0.39 is 0 Å². The van der Waals surface area contributed by atoms with Crippen LogP contribution in [0.3, 0.4) is 0 Å². The van der Waals surface area contributed by atoms with Crippen LogP contribution in [0, 0.1) is 6.92 Å². The van der Waals surface area contributed by atoms with E-state index in [4.69, 9.17) is 22.4 Å². The van der Waals surface area contributed by atoms with Gasteiger partial charge < -0.3 is 10.8 Å². The minimum absolute atomic E-state index is 0.0188. The molecule has 5 heteroatoms. The van der Waals surface area contributed by atoms with Crippen molar-refractivity contribution in [3.63, 3.8) is 0 Å². The maximum atomic E-state index is 8.88. The summed E-state index contributed by atoms with van der Waals surface area (Å²) in [5.74, 6) is 0.545. The lowest BCUT2D eigenvalue weighted by molar-refractivity contribution is 0.270. The fraction of sp³-hybridized carbons (Fsp3) is 0.250. The number of aryl methyl sites for hydroxylation is 1. The van der Waals surface area contributed by atoms with E-state index >= 15 is 0 Å². The number of hydrogen-bond donors (Lipinski definition) is 2. The van der Waals surface area contributed by atoms with Crippen LogP contribution < -0.4 is 5.73 Å². The summed E-state index contributed by atoms with van der Waals surface area (Å²) >= 11 is 5.91. The van der Waals surface area contributed by atoms with Crippen molar-refractivity contribution in [1.29, 1.82) is 0 Å². The Balaban J connectivity index is 2.42. The first-order valence-electron chi connectivity index (χ1n) is 5.32. The molecule has 0 aliphatic carbocycles. The third kappa shape index (κ3) is 2.43. The van der Waals surface area contributed by atoms with Crippen LogP contribution in [0.2, 0.25) is 5.02 Å². The molecule has 0 saturated carbocycles. The van der Waals surface area contributed by atoms with E-state index in [1.54, 1.807) is 10.7 Å². The fourth-order valence-electron chi connectivity index (χ4n) is 1.75. The Labute approximate surface area is 105 Å². The second-order valence-electron chi connectivity index (χ2n) is 3.86. The second-order valence-corrected chi connectivity index (χ2v) is 4.30. The summed E-state index contributed by atoms with van der Waals surface area (Å²) in [7, 11) is 0. The molecule has 4 nitrogen and oxygen atoms in total. The maximum absolute atomic E-state index is 8.88. The number of rotatable bonds is 3. The Morgan fingerprint density at radius 1 is 1.41 bits per heavy atom. The van der Waals surface area contributed by atoms with Gasteiger partial charge in [-0.25, -0.2) is 4.68 Å². The van der Waals surface area contributed by atoms with Crippen LogP contribution in [0.5, 0.6) is 0 Å². The predicted octanol–water partition coefficient (Wildman–Crippen LogP) is 2.09. The normalized spacial score (nSPS) is 10.8. The molecule has 0 aliphatic rings. The Morgan fingerprint density at radius 2 is 2.18 bits per heavy atom. The zero-order valence-electron chi connectivity index (χ0n) is 9.52. The average Bonchev–Trinajstić information content (AvgIpc) is 2.60. The monoisotopic (exact) mass is 251 g/mol. The van der Waals surface area contributed by atoms with E-state index in [1.165, 1.54) is 0 Å². The molecule has 2 aromatic rings. The van der Waals surface area contributed by atoms with Crippen LogP contribution in [0.1, 0.15) is 5.56 Å². The zero-order chi connectivity index (χ0) is 12.4. The lowest BCUT2D eigenvalue weighted by atomic mass is 10.1. The Bertz CT molecular complexity index is 537. The molecule has 0 spiro atoms. The van der Waals surface area contributed by atoms with E-state index in [2.05, 4.69) is 5.10 Å². The van der Waals surface area contributed by atoms with Gasteiger partial charge >= 0.3 is 0 Å². The van der Waals surface area contributed by atoms with Crippen molar-refractivity contribution in [2.24, 2.45) is 0 Å². The summed E-state index contributed by atoms with van der Waals surface area (Å²) < 4.78 is 1.59. The first-order valence-corrected chi connectivity index (χ1v) is 5.70. The van der Waals surface area contributed by atoms with E-state index in [9.17, 15) is 0 Å². The second kappa shape index (κ2) is 4.77. The van der Waals surface area contributed by atoms with E-state index in [0.29, 0.717) is 17.4 Å². The summed E-state index contributed by atoms with van der Waals surface area (Å²) in [6.07, 6.45) is 0. The third-order valence-corrected chi connectivity index (χ3v) is 2.82. The highest BCUT2D eigenvalue weighted by atomic mass is 35.5. The smallest absolute Gasteiger partial charge is 0.122 e. The third-order valence-electron chi connectivity index (χ3n) is 2.59. The molecule has 17 heavy (non-hydrogen) atoms. The van der Waals surface area contributed by atoms with Gasteiger partial charge in [0, 0.05) is 16.7 Å². The van der Waals surface area contributed by atoms with Gasteiger partial charge in [-0.15, -0.1) is 0 Å². The van der Waals surface area contributed by atoms with Gasteiger partial charge in [-0.1, -0.05) is 17.7 Å². The van der Waals surface area contributed by atoms with E-state index in [-0.39, 0.29) is 6.61 Å². The van der Waals surface area contributed by atoms with Crippen LogP contribution in [0.4, 0.5) is 5.82 Å². The molecule has 0 atom stereocenters. The van der Waals surface area contributed by atoms with Crippen LogP contribution >= 0.6 is 11.6 Å². The predicted molar refractivity (Wildman–Crippen MR) is 68.9 cm³/mol. The van der Waals surface area contributed by atoms with Gasteiger partial charge in [0.2, 0.25) is 0 Å². The standard InChI is InChI=1S/C12H14ClN3O/c1-8-6-9(13)2-3-10(8)11-7-12(14)16(15-11)4-5-17/h2-3,6-7,17H,4-5,14H2,1H3. The van der Waals surface area contributed by atoms with Crippen LogP contribution in [0.15, 0.2) is 24.3 Å². The summed E-state index contributed by atoms with van der Waals surface area (Å²) in [5, 5.41) is 13.9. The lowest BCUT2D eigenvalue weighted by Crippen LogP contribution is -2.07. The zero-order valence-corrected chi connectivity index (χ0v) is 10.3. The van der Waals surface area contributed by atoms with Crippen molar-refractivity contribution in [2.75, 3.05) is 12.3 Å². The highest BCUT2D eigenvalue weighted by Crippen LogP contribution is 2.26. The van der Waals surface area contributed by atoms with Crippen molar-refractivity contribution in [1.82, 2.24) is 9.78 Å². The van der Waals surface area contributed by atoms with Crippen molar-refractivity contribution in [3.8, 4) is 11.3 Å². The number of aromatic nitrogens is 2. The number of aliphatic hydroxyl groups excluding tert-OH is 1. The first-order chi connectivity index (χ1) is 8.11. The molecule has 90 valence electrons. The number of nitrogen functional groups attached to an aromatic ring is 1. The number of anilines is 1. The van der Waals surface area contributed by atoms with E-state index in [1.807, 2.05) is 25.1 Å². The van der Waals surface area contributed by atoms with Gasteiger partial charge in [-0.05, 0) is 24.6 Å². The molecule has 0 saturated heterocycles. The quantitative estimate of drug-likeness (QED) is 0.878. The van der Waals surface area contributed by atoms with E-state index in [0.717, 1.165) is 16.8 Å². The molecular weight excluding hydrogens is 238 g/mol. The molecule has 1 heterocycles. The number of nitrogens with two attached hydrogens (primary N) is 1. The van der Waals surface area contributed by atoms with Gasteiger partial charge in [0.25, 0.3) is 0 Å². The minimum Gasteiger partial charge on any atom is -0.394 e. The minimum atomic E-state index is 0.0188. The SMILES string of the molecule is Cc1cc(Cl)ccc1-c1cc(N)n(CCO)n1. The number of benzene rings is 1. The molecule has 3 N–H and O–H groups in total. The molecule has 1 aromatic heterocycles. The van der Waals surface area contributed by atoms with Gasteiger partial charge in [0.15, 0.2) is 0 Å². The lowest BCUT2D eigenvalue weighted by Gasteiger charge is -2.03. The molecule has 0 aliphatic heterocycles. The molecule has 0 radical (unpaired) electrons.